The summed E-state index contributed by atoms with van der Waals surface area (Å²) >= 11 is 0. The van der Waals surface area contributed by atoms with Crippen molar-refractivity contribution in [2.45, 2.75) is 37.6 Å². The molecule has 0 aliphatic carbocycles. The maximum atomic E-state index is 12.4. The lowest BCUT2D eigenvalue weighted by molar-refractivity contribution is 0.297. The van der Waals surface area contributed by atoms with E-state index in [1.54, 1.807) is 0 Å². The zero-order valence-corrected chi connectivity index (χ0v) is 12.9. The van der Waals surface area contributed by atoms with Crippen molar-refractivity contribution in [3.05, 3.63) is 18.2 Å². The van der Waals surface area contributed by atoms with Crippen molar-refractivity contribution in [2.75, 3.05) is 19.0 Å². The molecule has 0 amide bonds. The predicted molar refractivity (Wildman–Crippen MR) is 80.8 cm³/mol. The first-order chi connectivity index (χ1) is 9.61. The molecule has 5 heteroatoms. The second kappa shape index (κ2) is 7.09. The average Bonchev–Trinajstić information content (AvgIpc) is 2.70. The summed E-state index contributed by atoms with van der Waals surface area (Å²) < 4.78 is 23.6. The third kappa shape index (κ3) is 3.73. The van der Waals surface area contributed by atoms with Crippen LogP contribution in [0.2, 0.25) is 0 Å². The Balaban J connectivity index is 2.09. The Hall–Kier alpha value is -1.07. The molecule has 1 heterocycles. The summed E-state index contributed by atoms with van der Waals surface area (Å²) in [6, 6.07) is 5.45. The summed E-state index contributed by atoms with van der Waals surface area (Å²) in [6.45, 7) is 5.49. The zero-order chi connectivity index (χ0) is 14.5. The molecule has 20 heavy (non-hydrogen) atoms. The van der Waals surface area contributed by atoms with Crippen molar-refractivity contribution in [2.24, 2.45) is 11.7 Å². The highest BCUT2D eigenvalue weighted by molar-refractivity contribution is 7.85. The van der Waals surface area contributed by atoms with Crippen LogP contribution in [0.4, 0.5) is 0 Å². The van der Waals surface area contributed by atoms with Crippen molar-refractivity contribution in [1.82, 2.24) is 0 Å². The van der Waals surface area contributed by atoms with Gasteiger partial charge in [-0.1, -0.05) is 20.3 Å². The number of rotatable bonds is 5. The standard InChI is InChI=1S/C15H23NO3S/c1-3-11(2)13(16)10-20(17)12-5-6-14-15(9-12)19-8-4-7-18-14/h5-6,9,11,13H,3-4,7-8,10,16H2,1-2H3. The van der Waals surface area contributed by atoms with Crippen molar-refractivity contribution < 1.29 is 13.7 Å². The highest BCUT2D eigenvalue weighted by Gasteiger charge is 2.18. The number of ether oxygens (including phenoxy) is 2. The SMILES string of the molecule is CCC(C)C(N)CS(=O)c1ccc2c(c1)OCCCO2. The van der Waals surface area contributed by atoms with Crippen LogP contribution in [0.1, 0.15) is 26.7 Å². The molecule has 1 aliphatic heterocycles. The smallest absolute Gasteiger partial charge is 0.162 e. The maximum absolute atomic E-state index is 12.4. The molecule has 3 unspecified atom stereocenters. The Labute approximate surface area is 123 Å². The van der Waals surface area contributed by atoms with Crippen LogP contribution in [0.25, 0.3) is 0 Å². The summed E-state index contributed by atoms with van der Waals surface area (Å²) in [4.78, 5) is 0.757. The van der Waals surface area contributed by atoms with Crippen molar-refractivity contribution >= 4 is 10.8 Å². The van der Waals surface area contributed by atoms with Crippen LogP contribution in [0.5, 0.6) is 11.5 Å². The Bertz CT molecular complexity index is 478. The monoisotopic (exact) mass is 297 g/mol. The number of hydrogen-bond acceptors (Lipinski definition) is 4. The van der Waals surface area contributed by atoms with Crippen LogP contribution in [0, 0.1) is 5.92 Å². The molecule has 1 aromatic rings. The van der Waals surface area contributed by atoms with Gasteiger partial charge in [-0.15, -0.1) is 0 Å². The first-order valence-corrected chi connectivity index (χ1v) is 8.47. The first kappa shape index (κ1) is 15.3. The van der Waals surface area contributed by atoms with Crippen LogP contribution in [0.3, 0.4) is 0 Å². The molecule has 0 fully saturated rings. The molecule has 2 N–H and O–H groups in total. The van der Waals surface area contributed by atoms with Gasteiger partial charge in [0.15, 0.2) is 11.5 Å². The lowest BCUT2D eigenvalue weighted by Crippen LogP contribution is -2.33. The predicted octanol–water partition coefficient (Wildman–Crippen LogP) is 2.33. The molecule has 0 saturated carbocycles. The van der Waals surface area contributed by atoms with E-state index in [4.69, 9.17) is 15.2 Å². The summed E-state index contributed by atoms with van der Waals surface area (Å²) in [5, 5.41) is 0. The van der Waals surface area contributed by atoms with Crippen LogP contribution in [0.15, 0.2) is 23.1 Å². The van der Waals surface area contributed by atoms with Gasteiger partial charge in [0.2, 0.25) is 0 Å². The van der Waals surface area contributed by atoms with E-state index in [0.717, 1.165) is 23.5 Å². The van der Waals surface area contributed by atoms with Gasteiger partial charge in [-0.2, -0.15) is 0 Å². The van der Waals surface area contributed by atoms with E-state index in [1.165, 1.54) is 0 Å². The Morgan fingerprint density at radius 2 is 2.00 bits per heavy atom. The quantitative estimate of drug-likeness (QED) is 0.906. The van der Waals surface area contributed by atoms with Crippen LogP contribution in [-0.2, 0) is 10.8 Å². The second-order valence-corrected chi connectivity index (χ2v) is 6.72. The van der Waals surface area contributed by atoms with E-state index < -0.39 is 10.8 Å². The third-order valence-electron chi connectivity index (χ3n) is 3.70. The van der Waals surface area contributed by atoms with E-state index in [0.29, 0.717) is 30.6 Å². The van der Waals surface area contributed by atoms with E-state index >= 15 is 0 Å². The zero-order valence-electron chi connectivity index (χ0n) is 12.1. The molecular weight excluding hydrogens is 274 g/mol. The van der Waals surface area contributed by atoms with Crippen LogP contribution < -0.4 is 15.2 Å². The molecule has 0 radical (unpaired) electrons. The van der Waals surface area contributed by atoms with E-state index in [9.17, 15) is 4.21 Å². The topological polar surface area (TPSA) is 61.6 Å². The fraction of sp³-hybridized carbons (Fsp3) is 0.600. The molecule has 1 aromatic carbocycles. The summed E-state index contributed by atoms with van der Waals surface area (Å²) in [5.74, 6) is 2.27. The largest absolute Gasteiger partial charge is 0.490 e. The van der Waals surface area contributed by atoms with E-state index in [2.05, 4.69) is 13.8 Å². The number of hydrogen-bond donors (Lipinski definition) is 1. The van der Waals surface area contributed by atoms with Crippen LogP contribution in [-0.4, -0.2) is 29.2 Å². The number of nitrogens with two attached hydrogens (primary N) is 1. The summed E-state index contributed by atoms with van der Waals surface area (Å²) in [6.07, 6.45) is 1.87. The fourth-order valence-electron chi connectivity index (χ4n) is 2.02. The molecule has 112 valence electrons. The molecule has 0 spiro atoms. The van der Waals surface area contributed by atoms with E-state index in [-0.39, 0.29) is 6.04 Å². The molecule has 2 rings (SSSR count). The van der Waals surface area contributed by atoms with Gasteiger partial charge in [0.1, 0.15) is 0 Å². The lowest BCUT2D eigenvalue weighted by Gasteiger charge is -2.18. The van der Waals surface area contributed by atoms with E-state index in [1.807, 2.05) is 18.2 Å². The molecule has 0 aromatic heterocycles. The minimum Gasteiger partial charge on any atom is -0.490 e. The Morgan fingerprint density at radius 3 is 2.70 bits per heavy atom. The normalized spacial score (nSPS) is 18.9. The van der Waals surface area contributed by atoms with Gasteiger partial charge in [0, 0.05) is 29.2 Å². The molecular formula is C15H23NO3S. The Kier molecular flexibility index (Phi) is 5.43. The van der Waals surface area contributed by atoms with Gasteiger partial charge in [-0.05, 0) is 18.1 Å². The molecule has 0 saturated heterocycles. The molecule has 4 nitrogen and oxygen atoms in total. The van der Waals surface area contributed by atoms with Gasteiger partial charge < -0.3 is 15.2 Å². The van der Waals surface area contributed by atoms with Crippen molar-refractivity contribution in [3.63, 3.8) is 0 Å². The Morgan fingerprint density at radius 1 is 1.30 bits per heavy atom. The highest BCUT2D eigenvalue weighted by Crippen LogP contribution is 2.31. The highest BCUT2D eigenvalue weighted by atomic mass is 32.2. The molecule has 1 aliphatic rings. The molecule has 0 bridgehead atoms. The minimum atomic E-state index is -1.10. The third-order valence-corrected chi connectivity index (χ3v) is 5.17. The van der Waals surface area contributed by atoms with Crippen molar-refractivity contribution in [1.29, 1.82) is 0 Å². The fourth-order valence-corrected chi connectivity index (χ4v) is 3.35. The van der Waals surface area contributed by atoms with Crippen molar-refractivity contribution in [3.8, 4) is 11.5 Å². The number of benzene rings is 1. The average molecular weight is 297 g/mol. The number of fused-ring (bicyclic) bond motifs is 1. The first-order valence-electron chi connectivity index (χ1n) is 7.15. The second-order valence-electron chi connectivity index (χ2n) is 5.22. The molecule has 3 atom stereocenters. The minimum absolute atomic E-state index is 0.0446. The van der Waals surface area contributed by atoms with Gasteiger partial charge in [0.05, 0.1) is 24.0 Å². The van der Waals surface area contributed by atoms with Gasteiger partial charge >= 0.3 is 0 Å². The maximum Gasteiger partial charge on any atom is 0.162 e. The lowest BCUT2D eigenvalue weighted by atomic mass is 10.0. The van der Waals surface area contributed by atoms with Gasteiger partial charge in [-0.3, -0.25) is 4.21 Å². The van der Waals surface area contributed by atoms with Gasteiger partial charge in [0.25, 0.3) is 0 Å². The van der Waals surface area contributed by atoms with Crippen LogP contribution >= 0.6 is 0 Å². The van der Waals surface area contributed by atoms with Gasteiger partial charge in [-0.25, -0.2) is 0 Å². The summed E-state index contributed by atoms with van der Waals surface area (Å²) in [7, 11) is -1.10. The summed E-state index contributed by atoms with van der Waals surface area (Å²) in [5.41, 5.74) is 6.08.